The summed E-state index contributed by atoms with van der Waals surface area (Å²) in [6.07, 6.45) is 13.8. The molecule has 0 N–H and O–H groups in total. The van der Waals surface area contributed by atoms with E-state index >= 15 is 0 Å². The van der Waals surface area contributed by atoms with Crippen LogP contribution in [0.1, 0.15) is 100 Å². The molecule has 0 aliphatic rings. The van der Waals surface area contributed by atoms with Crippen molar-refractivity contribution >= 4 is 17.3 Å². The number of carbonyl (C=O) groups excluding carboxylic acids is 1. The first-order valence-electron chi connectivity index (χ1n) is 15.2. The van der Waals surface area contributed by atoms with Crippen LogP contribution in [-0.4, -0.2) is 25.8 Å². The number of benzene rings is 2. The maximum Gasteiger partial charge on any atom is 0.338 e. The van der Waals surface area contributed by atoms with Crippen molar-refractivity contribution in [2.75, 3.05) is 19.8 Å². The molecule has 1 heterocycles. The zero-order valence-corrected chi connectivity index (χ0v) is 25.4. The van der Waals surface area contributed by atoms with Crippen LogP contribution in [0.25, 0.3) is 11.1 Å². The van der Waals surface area contributed by atoms with Gasteiger partial charge in [0.15, 0.2) is 0 Å². The van der Waals surface area contributed by atoms with Gasteiger partial charge in [-0.1, -0.05) is 95.9 Å². The van der Waals surface area contributed by atoms with Gasteiger partial charge in [0, 0.05) is 6.61 Å². The molecule has 3 rings (SSSR count). The number of ether oxygens (including phenoxy) is 3. The zero-order valence-electron chi connectivity index (χ0n) is 24.6. The third-order valence-corrected chi connectivity index (χ3v) is 8.04. The maximum atomic E-state index is 12.2. The molecule has 0 amide bonds. The summed E-state index contributed by atoms with van der Waals surface area (Å²) >= 11 is 1.73. The predicted octanol–water partition coefficient (Wildman–Crippen LogP) is 10.1. The summed E-state index contributed by atoms with van der Waals surface area (Å²) in [6, 6.07) is 18.0. The second-order valence-electron chi connectivity index (χ2n) is 10.8. The van der Waals surface area contributed by atoms with Crippen LogP contribution in [0.4, 0.5) is 0 Å². The van der Waals surface area contributed by atoms with Crippen LogP contribution < -0.4 is 4.74 Å². The van der Waals surface area contributed by atoms with E-state index < -0.39 is 0 Å². The predicted molar refractivity (Wildman–Crippen MR) is 167 cm³/mol. The number of thiophene rings is 1. The van der Waals surface area contributed by atoms with E-state index in [1.54, 1.807) is 11.3 Å². The average molecular weight is 565 g/mol. The van der Waals surface area contributed by atoms with E-state index in [1.807, 2.05) is 36.4 Å². The quantitative estimate of drug-likeness (QED) is 0.0954. The molecule has 5 heteroatoms. The van der Waals surface area contributed by atoms with Crippen molar-refractivity contribution in [2.24, 2.45) is 5.92 Å². The molecule has 0 fully saturated rings. The lowest BCUT2D eigenvalue weighted by Gasteiger charge is -2.10. The molecule has 218 valence electrons. The highest BCUT2D eigenvalue weighted by atomic mass is 32.1. The Hall–Kier alpha value is -2.63. The number of hydrogen-bond acceptors (Lipinski definition) is 5. The molecule has 0 bridgehead atoms. The fraction of sp³-hybridized carbons (Fsp3) is 0.514. The molecule has 2 aromatic carbocycles. The molecule has 0 radical (unpaired) electrons. The first-order valence-corrected chi connectivity index (χ1v) is 16.2. The first kappa shape index (κ1) is 31.9. The van der Waals surface area contributed by atoms with Crippen molar-refractivity contribution in [3.8, 4) is 16.9 Å². The van der Waals surface area contributed by atoms with E-state index in [-0.39, 0.29) is 5.97 Å². The Kier molecular flexibility index (Phi) is 15.5. The van der Waals surface area contributed by atoms with Crippen LogP contribution in [0.5, 0.6) is 5.75 Å². The molecule has 1 atom stereocenters. The lowest BCUT2D eigenvalue weighted by Crippen LogP contribution is -2.11. The van der Waals surface area contributed by atoms with Gasteiger partial charge in [-0.3, -0.25) is 0 Å². The van der Waals surface area contributed by atoms with E-state index in [0.29, 0.717) is 18.1 Å². The fourth-order valence-electron chi connectivity index (χ4n) is 4.44. The molecular weight excluding hydrogens is 516 g/mol. The summed E-state index contributed by atoms with van der Waals surface area (Å²) in [7, 11) is 0. The molecule has 1 unspecified atom stereocenters. The number of hydrogen-bond donors (Lipinski definition) is 0. The van der Waals surface area contributed by atoms with E-state index in [1.165, 1.54) is 63.4 Å². The van der Waals surface area contributed by atoms with Crippen molar-refractivity contribution in [3.05, 3.63) is 76.5 Å². The van der Waals surface area contributed by atoms with E-state index in [2.05, 4.69) is 42.8 Å². The molecule has 4 nitrogen and oxygen atoms in total. The molecule has 0 aliphatic carbocycles. The van der Waals surface area contributed by atoms with Crippen LogP contribution in [-0.2, 0) is 16.1 Å². The molecule has 0 spiro atoms. The summed E-state index contributed by atoms with van der Waals surface area (Å²) in [5, 5.41) is 4.26. The van der Waals surface area contributed by atoms with Gasteiger partial charge in [0.25, 0.3) is 0 Å². The summed E-state index contributed by atoms with van der Waals surface area (Å²) in [5.41, 5.74) is 4.07. The maximum absolute atomic E-state index is 12.2. The third-order valence-electron chi connectivity index (χ3n) is 7.30. The molecule has 1 aromatic heterocycles. The Morgan fingerprint density at radius 2 is 1.32 bits per heavy atom. The van der Waals surface area contributed by atoms with Crippen LogP contribution in [0, 0.1) is 5.92 Å². The molecule has 3 aromatic rings. The second kappa shape index (κ2) is 19.4. The van der Waals surface area contributed by atoms with Gasteiger partial charge in [-0.2, -0.15) is 11.3 Å². The fourth-order valence-corrected chi connectivity index (χ4v) is 5.09. The number of rotatable bonds is 21. The average Bonchev–Trinajstić information content (AvgIpc) is 3.52. The van der Waals surface area contributed by atoms with Crippen LogP contribution in [0.2, 0.25) is 0 Å². The summed E-state index contributed by atoms with van der Waals surface area (Å²) < 4.78 is 17.1. The highest BCUT2D eigenvalue weighted by molar-refractivity contribution is 7.07. The summed E-state index contributed by atoms with van der Waals surface area (Å²) in [5.74, 6) is 1.03. The Balaban J connectivity index is 1.16. The van der Waals surface area contributed by atoms with E-state index in [9.17, 15) is 4.79 Å². The molecule has 0 saturated heterocycles. The van der Waals surface area contributed by atoms with Gasteiger partial charge in [-0.15, -0.1) is 0 Å². The third kappa shape index (κ3) is 12.7. The largest absolute Gasteiger partial charge is 0.494 e. The number of carbonyl (C=O) groups is 1. The van der Waals surface area contributed by atoms with E-state index in [4.69, 9.17) is 14.2 Å². The lowest BCUT2D eigenvalue weighted by molar-refractivity contribution is 0.0447. The topological polar surface area (TPSA) is 44.8 Å². The van der Waals surface area contributed by atoms with Gasteiger partial charge in [0.2, 0.25) is 0 Å². The Bertz CT molecular complexity index is 1040. The van der Waals surface area contributed by atoms with Gasteiger partial charge in [0.1, 0.15) is 5.75 Å². The van der Waals surface area contributed by atoms with Crippen molar-refractivity contribution in [1.29, 1.82) is 0 Å². The second-order valence-corrected chi connectivity index (χ2v) is 11.6. The van der Waals surface area contributed by atoms with Crippen molar-refractivity contribution in [2.45, 2.75) is 91.1 Å². The minimum atomic E-state index is -0.256. The summed E-state index contributed by atoms with van der Waals surface area (Å²) in [6.45, 7) is 7.06. The monoisotopic (exact) mass is 564 g/mol. The van der Waals surface area contributed by atoms with Gasteiger partial charge in [0.05, 0.1) is 25.4 Å². The number of esters is 1. The Morgan fingerprint density at radius 3 is 1.90 bits per heavy atom. The van der Waals surface area contributed by atoms with Crippen molar-refractivity contribution in [3.63, 3.8) is 0 Å². The SMILES string of the molecule is CCC(C)COC(=O)c1ccc(-c2ccc(OCCCCCCCCCCCCOCc3ccsc3)cc2)cc1. The Labute approximate surface area is 246 Å². The van der Waals surface area contributed by atoms with Gasteiger partial charge < -0.3 is 14.2 Å². The van der Waals surface area contributed by atoms with Gasteiger partial charge >= 0.3 is 5.97 Å². The van der Waals surface area contributed by atoms with E-state index in [0.717, 1.165) is 49.5 Å². The smallest absolute Gasteiger partial charge is 0.338 e. The standard InChI is InChI=1S/C35H48O4S/c1-3-29(2)26-39-35(36)33-16-14-31(15-17-33)32-18-20-34(21-19-32)38-24-13-11-9-7-5-4-6-8-10-12-23-37-27-30-22-25-40-28-30/h14-22,25,28-29H,3-13,23-24,26-27H2,1-2H3. The van der Waals surface area contributed by atoms with Crippen molar-refractivity contribution < 1.29 is 19.0 Å². The number of unbranched alkanes of at least 4 members (excludes halogenated alkanes) is 9. The van der Waals surface area contributed by atoms with Crippen molar-refractivity contribution in [1.82, 2.24) is 0 Å². The first-order chi connectivity index (χ1) is 19.7. The van der Waals surface area contributed by atoms with Crippen LogP contribution >= 0.6 is 11.3 Å². The highest BCUT2D eigenvalue weighted by Crippen LogP contribution is 2.23. The normalized spacial score (nSPS) is 11.8. The zero-order chi connectivity index (χ0) is 28.3. The van der Waals surface area contributed by atoms with Crippen LogP contribution in [0.15, 0.2) is 65.4 Å². The van der Waals surface area contributed by atoms with Crippen LogP contribution in [0.3, 0.4) is 0 Å². The highest BCUT2D eigenvalue weighted by Gasteiger charge is 2.09. The molecule has 40 heavy (non-hydrogen) atoms. The van der Waals surface area contributed by atoms with Gasteiger partial charge in [-0.05, 0) is 76.5 Å². The Morgan fingerprint density at radius 1 is 0.750 bits per heavy atom. The van der Waals surface area contributed by atoms with Gasteiger partial charge in [-0.25, -0.2) is 4.79 Å². The minimum absolute atomic E-state index is 0.256. The summed E-state index contributed by atoms with van der Waals surface area (Å²) in [4.78, 5) is 12.2. The minimum Gasteiger partial charge on any atom is -0.494 e. The lowest BCUT2D eigenvalue weighted by atomic mass is 10.0. The molecule has 0 saturated carbocycles. The molecule has 0 aliphatic heterocycles. The molecular formula is C35H48O4S.